The number of benzene rings is 1. The monoisotopic (exact) mass is 422 g/mol. The van der Waals surface area contributed by atoms with Crippen LogP contribution in [-0.2, 0) is 0 Å². The van der Waals surface area contributed by atoms with E-state index < -0.39 is 0 Å². The molecule has 0 bridgehead atoms. The Labute approximate surface area is 180 Å². The molecule has 8 nitrogen and oxygen atoms in total. The number of H-pyrrole nitrogens is 2. The fourth-order valence-electron chi connectivity index (χ4n) is 3.74. The van der Waals surface area contributed by atoms with Crippen LogP contribution in [0.25, 0.3) is 55.8 Å². The molecule has 0 aliphatic heterocycles. The first-order valence-corrected chi connectivity index (χ1v) is 9.81. The molecule has 154 valence electrons. The Hall–Kier alpha value is -4.66. The van der Waals surface area contributed by atoms with Gasteiger partial charge in [-0.3, -0.25) is 20.1 Å². The Bertz CT molecular complexity index is 1600. The van der Waals surface area contributed by atoms with Gasteiger partial charge in [0, 0.05) is 35.1 Å². The van der Waals surface area contributed by atoms with Crippen molar-refractivity contribution in [2.75, 3.05) is 5.73 Å². The summed E-state index contributed by atoms with van der Waals surface area (Å²) < 4.78 is 13.4. The van der Waals surface area contributed by atoms with Crippen LogP contribution < -0.4 is 5.73 Å². The van der Waals surface area contributed by atoms with Gasteiger partial charge in [0.25, 0.3) is 0 Å². The first-order chi connectivity index (χ1) is 15.7. The van der Waals surface area contributed by atoms with Crippen molar-refractivity contribution in [1.29, 1.82) is 0 Å². The fourth-order valence-corrected chi connectivity index (χ4v) is 3.74. The van der Waals surface area contributed by atoms with E-state index in [2.05, 4.69) is 30.1 Å². The third kappa shape index (κ3) is 2.95. The van der Waals surface area contributed by atoms with E-state index in [0.717, 1.165) is 44.3 Å². The molecule has 9 heteroatoms. The molecule has 0 aliphatic carbocycles. The average Bonchev–Trinajstić information content (AvgIpc) is 3.43. The number of imidazole rings is 1. The van der Waals surface area contributed by atoms with E-state index in [-0.39, 0.29) is 5.82 Å². The average molecular weight is 422 g/mol. The van der Waals surface area contributed by atoms with Gasteiger partial charge in [-0.1, -0.05) is 12.1 Å². The van der Waals surface area contributed by atoms with E-state index in [4.69, 9.17) is 10.7 Å². The van der Waals surface area contributed by atoms with Crippen molar-refractivity contribution < 1.29 is 4.39 Å². The lowest BCUT2D eigenvalue weighted by molar-refractivity contribution is 0.628. The van der Waals surface area contributed by atoms with Crippen molar-refractivity contribution in [1.82, 2.24) is 35.1 Å². The van der Waals surface area contributed by atoms with Crippen molar-refractivity contribution in [3.05, 3.63) is 73.2 Å². The van der Waals surface area contributed by atoms with Crippen molar-refractivity contribution in [2.45, 2.75) is 0 Å². The second kappa shape index (κ2) is 6.95. The number of hydrogen-bond acceptors (Lipinski definition) is 6. The maximum Gasteiger partial charge on any atom is 0.159 e. The van der Waals surface area contributed by atoms with Crippen LogP contribution in [0.15, 0.2) is 67.4 Å². The standard InChI is InChI=1S/C23H15FN8/c24-14-3-1-12(2-4-14)17-9-27-10-20-21(17)30-23(29-20)22-16-6-18(28-11-19(16)31-32-22)13-5-15(25)8-26-7-13/h1-11H,25H2,(H,29,30)(H,31,32). The van der Waals surface area contributed by atoms with Crippen LogP contribution in [0.3, 0.4) is 0 Å². The molecule has 5 aromatic heterocycles. The van der Waals surface area contributed by atoms with E-state index in [1.54, 1.807) is 43.1 Å². The molecular formula is C23H15FN8. The van der Waals surface area contributed by atoms with Gasteiger partial charge in [-0.05, 0) is 29.8 Å². The fraction of sp³-hybridized carbons (Fsp3) is 0. The van der Waals surface area contributed by atoms with E-state index >= 15 is 0 Å². The smallest absolute Gasteiger partial charge is 0.159 e. The Balaban J connectivity index is 1.50. The molecule has 0 unspecified atom stereocenters. The van der Waals surface area contributed by atoms with Gasteiger partial charge in [-0.2, -0.15) is 5.10 Å². The maximum absolute atomic E-state index is 13.4. The van der Waals surface area contributed by atoms with Gasteiger partial charge in [-0.15, -0.1) is 0 Å². The van der Waals surface area contributed by atoms with Crippen LogP contribution in [0.2, 0.25) is 0 Å². The topological polar surface area (TPSA) is 122 Å². The van der Waals surface area contributed by atoms with Crippen LogP contribution >= 0.6 is 0 Å². The first kappa shape index (κ1) is 18.1. The molecule has 6 rings (SSSR count). The molecule has 0 aliphatic rings. The lowest BCUT2D eigenvalue weighted by atomic mass is 10.1. The minimum Gasteiger partial charge on any atom is -0.397 e. The Morgan fingerprint density at radius 1 is 0.844 bits per heavy atom. The summed E-state index contributed by atoms with van der Waals surface area (Å²) in [5.74, 6) is 0.296. The number of fused-ring (bicyclic) bond motifs is 2. The molecule has 6 aromatic rings. The van der Waals surface area contributed by atoms with Crippen molar-refractivity contribution >= 4 is 27.6 Å². The highest BCUT2D eigenvalue weighted by atomic mass is 19.1. The van der Waals surface area contributed by atoms with Gasteiger partial charge in [0.1, 0.15) is 11.5 Å². The van der Waals surface area contributed by atoms with E-state index in [1.807, 2.05) is 12.1 Å². The van der Waals surface area contributed by atoms with Gasteiger partial charge in [0.15, 0.2) is 5.82 Å². The molecule has 4 N–H and O–H groups in total. The zero-order valence-corrected chi connectivity index (χ0v) is 16.5. The number of rotatable bonds is 3. The molecule has 0 atom stereocenters. The van der Waals surface area contributed by atoms with Gasteiger partial charge in [0.2, 0.25) is 0 Å². The lowest BCUT2D eigenvalue weighted by Crippen LogP contribution is -1.90. The number of nitrogen functional groups attached to an aromatic ring is 1. The third-order valence-corrected chi connectivity index (χ3v) is 5.28. The van der Waals surface area contributed by atoms with E-state index in [0.29, 0.717) is 17.2 Å². The van der Waals surface area contributed by atoms with Crippen LogP contribution in [0, 0.1) is 5.82 Å². The minimum atomic E-state index is -0.292. The van der Waals surface area contributed by atoms with Crippen LogP contribution in [-0.4, -0.2) is 35.1 Å². The minimum absolute atomic E-state index is 0.292. The summed E-state index contributed by atoms with van der Waals surface area (Å²) in [4.78, 5) is 21.0. The van der Waals surface area contributed by atoms with Gasteiger partial charge in [0.05, 0.1) is 40.3 Å². The summed E-state index contributed by atoms with van der Waals surface area (Å²) in [7, 11) is 0. The maximum atomic E-state index is 13.4. The molecule has 0 spiro atoms. The number of aromatic nitrogens is 7. The molecule has 0 radical (unpaired) electrons. The van der Waals surface area contributed by atoms with Crippen molar-refractivity contribution in [3.8, 4) is 33.9 Å². The van der Waals surface area contributed by atoms with Gasteiger partial charge < -0.3 is 10.7 Å². The Morgan fingerprint density at radius 2 is 1.69 bits per heavy atom. The number of anilines is 1. The number of nitrogens with one attached hydrogen (secondary N) is 2. The molecule has 0 fully saturated rings. The summed E-state index contributed by atoms with van der Waals surface area (Å²) in [6.45, 7) is 0. The second-order valence-corrected chi connectivity index (χ2v) is 7.37. The van der Waals surface area contributed by atoms with E-state index in [1.165, 1.54) is 12.1 Å². The summed E-state index contributed by atoms with van der Waals surface area (Å²) in [6, 6.07) is 10.0. The molecule has 32 heavy (non-hydrogen) atoms. The molecule has 1 aromatic carbocycles. The predicted octanol–water partition coefficient (Wildman–Crippen LogP) is 4.35. The quantitative estimate of drug-likeness (QED) is 0.390. The number of nitrogens with two attached hydrogens (primary N) is 1. The molecular weight excluding hydrogens is 407 g/mol. The largest absolute Gasteiger partial charge is 0.397 e. The highest BCUT2D eigenvalue weighted by molar-refractivity contribution is 5.97. The molecule has 5 heterocycles. The molecule has 0 amide bonds. The van der Waals surface area contributed by atoms with Gasteiger partial charge >= 0.3 is 0 Å². The predicted molar refractivity (Wildman–Crippen MR) is 120 cm³/mol. The highest BCUT2D eigenvalue weighted by Gasteiger charge is 2.16. The number of hydrogen-bond donors (Lipinski definition) is 3. The summed E-state index contributed by atoms with van der Waals surface area (Å²) in [5.41, 5.74) is 12.5. The summed E-state index contributed by atoms with van der Waals surface area (Å²) in [5, 5.41) is 8.32. The Kier molecular flexibility index (Phi) is 3.94. The zero-order chi connectivity index (χ0) is 21.7. The van der Waals surface area contributed by atoms with Crippen molar-refractivity contribution in [3.63, 3.8) is 0 Å². The number of halogens is 1. The normalized spacial score (nSPS) is 11.4. The first-order valence-electron chi connectivity index (χ1n) is 9.81. The third-order valence-electron chi connectivity index (χ3n) is 5.28. The van der Waals surface area contributed by atoms with Crippen LogP contribution in [0.5, 0.6) is 0 Å². The summed E-state index contributed by atoms with van der Waals surface area (Å²) >= 11 is 0. The Morgan fingerprint density at radius 3 is 2.53 bits per heavy atom. The van der Waals surface area contributed by atoms with Crippen LogP contribution in [0.4, 0.5) is 10.1 Å². The highest BCUT2D eigenvalue weighted by Crippen LogP contribution is 2.32. The van der Waals surface area contributed by atoms with Gasteiger partial charge in [-0.25, -0.2) is 9.37 Å². The molecule has 0 saturated carbocycles. The molecule has 0 saturated heterocycles. The zero-order valence-electron chi connectivity index (χ0n) is 16.5. The summed E-state index contributed by atoms with van der Waals surface area (Å²) in [6.07, 6.45) is 8.45. The number of aromatic amines is 2. The van der Waals surface area contributed by atoms with Crippen molar-refractivity contribution in [2.24, 2.45) is 0 Å². The second-order valence-electron chi connectivity index (χ2n) is 7.37. The number of pyridine rings is 3. The van der Waals surface area contributed by atoms with E-state index in [9.17, 15) is 4.39 Å². The lowest BCUT2D eigenvalue weighted by Gasteiger charge is -2.02. The number of nitrogens with zero attached hydrogens (tertiary/aromatic N) is 5. The van der Waals surface area contributed by atoms with Crippen LogP contribution in [0.1, 0.15) is 0 Å². The SMILES string of the molecule is Nc1cncc(-c2cc3c(-c4nc5c(-c6ccc(F)cc6)cncc5[nH]4)n[nH]c3cn2)c1.